The minimum absolute atomic E-state index is 0.0241. The van der Waals surface area contributed by atoms with E-state index >= 15 is 0 Å². The number of amides is 1. The Labute approximate surface area is 470 Å². The molecule has 3 N–H and O–H groups in total. The summed E-state index contributed by atoms with van der Waals surface area (Å²) in [6, 6.07) is -0.536. The molecule has 0 heterocycles. The summed E-state index contributed by atoms with van der Waals surface area (Å²) in [5, 5.41) is 23.3. The topological polar surface area (TPSA) is 95.9 Å². The number of unbranched alkanes of at least 4 members (excludes halogenated alkanes) is 55. The van der Waals surface area contributed by atoms with Gasteiger partial charge in [-0.25, -0.2) is 0 Å². The molecular formula is C69H137NO5. The van der Waals surface area contributed by atoms with Gasteiger partial charge in [0.15, 0.2) is 0 Å². The normalized spacial score (nSPS) is 12.4. The van der Waals surface area contributed by atoms with Gasteiger partial charge in [-0.2, -0.15) is 0 Å². The van der Waals surface area contributed by atoms with Gasteiger partial charge in [0.1, 0.15) is 0 Å². The van der Waals surface area contributed by atoms with Crippen molar-refractivity contribution in [1.29, 1.82) is 0 Å². The number of ether oxygens (including phenoxy) is 1. The second-order valence-electron chi connectivity index (χ2n) is 24.2. The zero-order valence-corrected chi connectivity index (χ0v) is 51.3. The fraction of sp³-hybridized carbons (Fsp3) is 0.971. The fourth-order valence-corrected chi connectivity index (χ4v) is 11.4. The molecule has 0 aromatic heterocycles. The van der Waals surface area contributed by atoms with Crippen LogP contribution in [-0.4, -0.2) is 47.4 Å². The van der Waals surface area contributed by atoms with Crippen LogP contribution in [0.1, 0.15) is 406 Å². The second-order valence-corrected chi connectivity index (χ2v) is 24.2. The second kappa shape index (κ2) is 65.4. The molecule has 1 amide bonds. The average molecular weight is 1060 g/mol. The summed E-state index contributed by atoms with van der Waals surface area (Å²) in [7, 11) is 0. The van der Waals surface area contributed by atoms with Gasteiger partial charge < -0.3 is 20.3 Å². The van der Waals surface area contributed by atoms with Crippen LogP contribution in [0.3, 0.4) is 0 Å². The highest BCUT2D eigenvalue weighted by Gasteiger charge is 2.20. The number of aliphatic hydroxyl groups is 2. The van der Waals surface area contributed by atoms with Gasteiger partial charge in [-0.3, -0.25) is 9.59 Å². The van der Waals surface area contributed by atoms with Crippen molar-refractivity contribution in [3.63, 3.8) is 0 Å². The Morgan fingerprint density at radius 3 is 0.813 bits per heavy atom. The molecule has 2 atom stereocenters. The van der Waals surface area contributed by atoms with Crippen LogP contribution >= 0.6 is 0 Å². The van der Waals surface area contributed by atoms with Crippen LogP contribution < -0.4 is 5.32 Å². The minimum Gasteiger partial charge on any atom is -0.466 e. The maximum absolute atomic E-state index is 12.5. The molecule has 0 bridgehead atoms. The Morgan fingerprint density at radius 2 is 0.547 bits per heavy atom. The fourth-order valence-electron chi connectivity index (χ4n) is 11.4. The smallest absolute Gasteiger partial charge is 0.305 e. The Kier molecular flexibility index (Phi) is 64.4. The lowest BCUT2D eigenvalue weighted by molar-refractivity contribution is -0.143. The zero-order valence-electron chi connectivity index (χ0n) is 51.3. The summed E-state index contributed by atoms with van der Waals surface area (Å²) < 4.78 is 5.50. The van der Waals surface area contributed by atoms with Crippen LogP contribution in [0.5, 0.6) is 0 Å². The molecule has 0 radical (unpaired) electrons. The third-order valence-electron chi connectivity index (χ3n) is 16.7. The number of hydrogen-bond acceptors (Lipinski definition) is 5. The number of carbonyl (C=O) groups is 2. The maximum Gasteiger partial charge on any atom is 0.305 e. The molecule has 2 unspecified atom stereocenters. The summed E-state index contributed by atoms with van der Waals surface area (Å²) >= 11 is 0. The lowest BCUT2D eigenvalue weighted by Crippen LogP contribution is -2.45. The molecule has 6 nitrogen and oxygen atoms in total. The van der Waals surface area contributed by atoms with E-state index in [0.29, 0.717) is 25.9 Å². The number of carbonyl (C=O) groups excluding carboxylic acids is 2. The Balaban J connectivity index is 3.30. The van der Waals surface area contributed by atoms with Crippen molar-refractivity contribution in [2.24, 2.45) is 0 Å². The van der Waals surface area contributed by atoms with E-state index < -0.39 is 12.1 Å². The molecule has 0 aromatic rings. The van der Waals surface area contributed by atoms with E-state index in [0.717, 1.165) is 38.5 Å². The van der Waals surface area contributed by atoms with E-state index in [1.54, 1.807) is 0 Å². The van der Waals surface area contributed by atoms with Crippen molar-refractivity contribution in [1.82, 2.24) is 5.32 Å². The quantitative estimate of drug-likeness (QED) is 0.0417. The van der Waals surface area contributed by atoms with Gasteiger partial charge in [0, 0.05) is 12.8 Å². The first-order valence-electron chi connectivity index (χ1n) is 34.8. The number of rotatable bonds is 66. The van der Waals surface area contributed by atoms with E-state index in [-0.39, 0.29) is 18.5 Å². The Morgan fingerprint density at radius 1 is 0.320 bits per heavy atom. The molecule has 0 aliphatic heterocycles. The van der Waals surface area contributed by atoms with Crippen molar-refractivity contribution in [2.75, 3.05) is 13.2 Å². The molecule has 0 saturated heterocycles. The van der Waals surface area contributed by atoms with Gasteiger partial charge in [-0.05, 0) is 25.7 Å². The number of aliphatic hydroxyl groups excluding tert-OH is 2. The zero-order chi connectivity index (χ0) is 54.3. The molecule has 0 aliphatic rings. The third-order valence-corrected chi connectivity index (χ3v) is 16.7. The van der Waals surface area contributed by atoms with E-state index in [4.69, 9.17) is 4.74 Å². The highest BCUT2D eigenvalue weighted by molar-refractivity contribution is 5.76. The van der Waals surface area contributed by atoms with Crippen LogP contribution in [0, 0.1) is 0 Å². The minimum atomic E-state index is -0.659. The van der Waals surface area contributed by atoms with Crippen molar-refractivity contribution < 1.29 is 24.5 Å². The SMILES string of the molecule is CCCCCCCCCCCCCCCCCC(=O)OCCCCCCCCCCCCCCCCCCCCCCCCCCCCCCCCC(=O)NC(CO)C(O)CCCCCCCCCCCCCCC. The predicted molar refractivity (Wildman–Crippen MR) is 329 cm³/mol. The summed E-state index contributed by atoms with van der Waals surface area (Å²) in [4.78, 5) is 24.6. The van der Waals surface area contributed by atoms with Crippen molar-refractivity contribution >= 4 is 11.9 Å². The lowest BCUT2D eigenvalue weighted by Gasteiger charge is -2.22. The molecule has 0 aliphatic carbocycles. The predicted octanol–water partition coefficient (Wildman–Crippen LogP) is 22.2. The molecule has 0 aromatic carbocycles. The molecule has 448 valence electrons. The van der Waals surface area contributed by atoms with E-state index in [1.165, 1.54) is 334 Å². The third kappa shape index (κ3) is 61.9. The maximum atomic E-state index is 12.5. The first-order chi connectivity index (χ1) is 37.0. The summed E-state index contributed by atoms with van der Waals surface area (Å²) in [6.07, 6.45) is 78.7. The standard InChI is InChI=1S/C69H137NO5/c1-3-5-7-9-11-13-15-17-34-39-43-47-51-55-59-63-69(74)75-64-60-56-52-48-44-40-36-33-31-29-27-25-23-21-19-18-20-22-24-26-28-30-32-35-38-42-46-50-54-58-62-68(73)70-66(65-71)67(72)61-57-53-49-45-41-37-16-14-12-10-8-6-4-2/h66-67,71-72H,3-65H2,1-2H3,(H,70,73). The van der Waals surface area contributed by atoms with Crippen LogP contribution in [0.2, 0.25) is 0 Å². The number of esters is 1. The average Bonchev–Trinajstić information content (AvgIpc) is 3.41. The molecule has 0 spiro atoms. The van der Waals surface area contributed by atoms with Crippen molar-refractivity contribution in [3.8, 4) is 0 Å². The van der Waals surface area contributed by atoms with E-state index in [1.807, 2.05) is 0 Å². The van der Waals surface area contributed by atoms with Gasteiger partial charge in [0.05, 0.1) is 25.4 Å². The molecule has 0 saturated carbocycles. The van der Waals surface area contributed by atoms with Crippen LogP contribution in [0.15, 0.2) is 0 Å². The largest absolute Gasteiger partial charge is 0.466 e. The van der Waals surface area contributed by atoms with Gasteiger partial charge in [-0.1, -0.05) is 367 Å². The number of hydrogen-bond donors (Lipinski definition) is 3. The van der Waals surface area contributed by atoms with Crippen LogP contribution in [0.4, 0.5) is 0 Å². The molecule has 6 heteroatoms. The first-order valence-corrected chi connectivity index (χ1v) is 34.8. The molecule has 0 rings (SSSR count). The molecule has 75 heavy (non-hydrogen) atoms. The summed E-state index contributed by atoms with van der Waals surface area (Å²) in [6.45, 7) is 5.00. The van der Waals surface area contributed by atoms with E-state index in [2.05, 4.69) is 19.2 Å². The van der Waals surface area contributed by atoms with Gasteiger partial charge >= 0.3 is 5.97 Å². The highest BCUT2D eigenvalue weighted by Crippen LogP contribution is 2.19. The highest BCUT2D eigenvalue weighted by atomic mass is 16.5. The summed E-state index contributed by atoms with van der Waals surface area (Å²) in [5.41, 5.74) is 0. The van der Waals surface area contributed by atoms with Crippen molar-refractivity contribution in [3.05, 3.63) is 0 Å². The van der Waals surface area contributed by atoms with Crippen molar-refractivity contribution in [2.45, 2.75) is 418 Å². The Hall–Kier alpha value is -1.14. The van der Waals surface area contributed by atoms with E-state index in [9.17, 15) is 19.8 Å². The first kappa shape index (κ1) is 73.9. The monoisotopic (exact) mass is 1060 g/mol. The summed E-state index contributed by atoms with van der Waals surface area (Å²) in [5.74, 6) is -0.00417. The van der Waals surface area contributed by atoms with Gasteiger partial charge in [0.2, 0.25) is 5.91 Å². The Bertz CT molecular complexity index is 1080. The number of nitrogens with one attached hydrogen (secondary N) is 1. The molecular weight excluding hydrogens is 923 g/mol. The van der Waals surface area contributed by atoms with Crippen LogP contribution in [0.25, 0.3) is 0 Å². The van der Waals surface area contributed by atoms with Gasteiger partial charge in [0.25, 0.3) is 0 Å². The molecule has 0 fully saturated rings. The lowest BCUT2D eigenvalue weighted by atomic mass is 10.0. The van der Waals surface area contributed by atoms with Gasteiger partial charge in [-0.15, -0.1) is 0 Å². The van der Waals surface area contributed by atoms with Crippen LogP contribution in [-0.2, 0) is 14.3 Å².